The molecule has 2 rings (SSSR count). The number of aromatic amines is 1. The number of aromatic nitrogens is 1. The maximum Gasteiger partial charge on any atom is 0.416 e. The lowest BCUT2D eigenvalue weighted by Gasteiger charge is -2.08. The molecular formula is C10H6F3NO2. The number of alkyl halides is 3. The summed E-state index contributed by atoms with van der Waals surface area (Å²) >= 11 is 0. The summed E-state index contributed by atoms with van der Waals surface area (Å²) in [5.41, 5.74) is -1.57. The molecule has 2 aromatic rings. The Labute approximate surface area is 87.2 Å². The van der Waals surface area contributed by atoms with Crippen LogP contribution in [-0.2, 0) is 6.18 Å². The van der Waals surface area contributed by atoms with E-state index in [4.69, 9.17) is 0 Å². The third kappa shape index (κ3) is 1.62. The zero-order chi connectivity index (χ0) is 11.9. The molecule has 0 aliphatic carbocycles. The third-order valence-corrected chi connectivity index (χ3v) is 2.16. The summed E-state index contributed by atoms with van der Waals surface area (Å²) in [7, 11) is 0. The summed E-state index contributed by atoms with van der Waals surface area (Å²) in [6, 6.07) is 2.46. The van der Waals surface area contributed by atoms with Crippen LogP contribution in [0.1, 0.15) is 5.56 Å². The quantitative estimate of drug-likeness (QED) is 0.727. The van der Waals surface area contributed by atoms with Crippen LogP contribution in [0.25, 0.3) is 10.9 Å². The van der Waals surface area contributed by atoms with Crippen molar-refractivity contribution >= 4 is 10.9 Å². The first-order valence-corrected chi connectivity index (χ1v) is 4.31. The van der Waals surface area contributed by atoms with Gasteiger partial charge in [0.1, 0.15) is 5.75 Å². The van der Waals surface area contributed by atoms with Crippen LogP contribution in [0.15, 0.2) is 29.2 Å². The van der Waals surface area contributed by atoms with Crippen LogP contribution in [0.4, 0.5) is 13.2 Å². The highest BCUT2D eigenvalue weighted by Crippen LogP contribution is 2.34. The standard InChI is InChI=1S/C10H6F3NO2/c11-10(12,13)5-3-6-9(8(16)4-5)7(15)1-2-14-6/h1-4,16H,(H,14,15). The summed E-state index contributed by atoms with van der Waals surface area (Å²) in [5.74, 6) is -0.674. The van der Waals surface area contributed by atoms with Gasteiger partial charge in [-0.1, -0.05) is 0 Å². The minimum Gasteiger partial charge on any atom is -0.507 e. The lowest BCUT2D eigenvalue weighted by Crippen LogP contribution is -2.07. The third-order valence-electron chi connectivity index (χ3n) is 2.16. The van der Waals surface area contributed by atoms with Gasteiger partial charge in [0.25, 0.3) is 0 Å². The minimum absolute atomic E-state index is 0.0418. The molecule has 0 atom stereocenters. The van der Waals surface area contributed by atoms with Gasteiger partial charge in [-0.05, 0) is 12.1 Å². The van der Waals surface area contributed by atoms with Gasteiger partial charge in [0.2, 0.25) is 0 Å². The van der Waals surface area contributed by atoms with Crippen molar-refractivity contribution in [1.29, 1.82) is 0 Å². The average Bonchev–Trinajstić information content (AvgIpc) is 2.15. The first-order chi connectivity index (χ1) is 7.39. The molecule has 0 saturated carbocycles. The van der Waals surface area contributed by atoms with Gasteiger partial charge in [0.05, 0.1) is 16.5 Å². The number of pyridine rings is 1. The molecule has 3 nitrogen and oxygen atoms in total. The summed E-state index contributed by atoms with van der Waals surface area (Å²) in [5, 5.41) is 9.23. The zero-order valence-corrected chi connectivity index (χ0v) is 7.80. The number of fused-ring (bicyclic) bond motifs is 1. The fourth-order valence-electron chi connectivity index (χ4n) is 1.45. The number of H-pyrrole nitrogens is 1. The summed E-state index contributed by atoms with van der Waals surface area (Å²) < 4.78 is 37.2. The number of nitrogens with one attached hydrogen (secondary N) is 1. The monoisotopic (exact) mass is 229 g/mol. The van der Waals surface area contributed by atoms with Crippen LogP contribution in [0, 0.1) is 0 Å². The molecule has 0 aliphatic heterocycles. The van der Waals surface area contributed by atoms with Gasteiger partial charge in [-0.2, -0.15) is 13.2 Å². The zero-order valence-electron chi connectivity index (χ0n) is 7.80. The van der Waals surface area contributed by atoms with Crippen LogP contribution in [-0.4, -0.2) is 10.1 Å². The van der Waals surface area contributed by atoms with E-state index in [1.165, 1.54) is 6.20 Å². The van der Waals surface area contributed by atoms with Gasteiger partial charge >= 0.3 is 6.18 Å². The van der Waals surface area contributed by atoms with Crippen LogP contribution in [0.2, 0.25) is 0 Å². The van der Waals surface area contributed by atoms with Gasteiger partial charge in [-0.15, -0.1) is 0 Å². The first kappa shape index (κ1) is 10.5. The van der Waals surface area contributed by atoms with Gasteiger partial charge in [-0.25, -0.2) is 0 Å². The van der Waals surface area contributed by atoms with Crippen molar-refractivity contribution in [2.24, 2.45) is 0 Å². The molecule has 1 aromatic carbocycles. The molecule has 0 aliphatic rings. The normalized spacial score (nSPS) is 11.9. The fourth-order valence-corrected chi connectivity index (χ4v) is 1.45. The topological polar surface area (TPSA) is 53.1 Å². The fraction of sp³-hybridized carbons (Fsp3) is 0.100. The highest BCUT2D eigenvalue weighted by atomic mass is 19.4. The molecule has 16 heavy (non-hydrogen) atoms. The molecule has 0 saturated heterocycles. The number of phenolic OH excluding ortho intramolecular Hbond substituents is 1. The molecule has 84 valence electrons. The first-order valence-electron chi connectivity index (χ1n) is 4.31. The Bertz CT molecular complexity index is 601. The number of benzene rings is 1. The summed E-state index contributed by atoms with van der Waals surface area (Å²) in [4.78, 5) is 13.8. The van der Waals surface area contributed by atoms with E-state index in [-0.39, 0.29) is 10.9 Å². The van der Waals surface area contributed by atoms with E-state index in [0.29, 0.717) is 6.07 Å². The number of aromatic hydroxyl groups is 1. The van der Waals surface area contributed by atoms with Crippen molar-refractivity contribution < 1.29 is 18.3 Å². The highest BCUT2D eigenvalue weighted by molar-refractivity contribution is 5.85. The highest BCUT2D eigenvalue weighted by Gasteiger charge is 2.31. The largest absolute Gasteiger partial charge is 0.507 e. The van der Waals surface area contributed by atoms with Gasteiger partial charge in [0, 0.05) is 12.3 Å². The predicted octanol–water partition coefficient (Wildman–Crippen LogP) is 2.25. The molecule has 2 N–H and O–H groups in total. The van der Waals surface area contributed by atoms with Crippen LogP contribution in [0.5, 0.6) is 5.75 Å². The number of rotatable bonds is 0. The second kappa shape index (κ2) is 3.26. The van der Waals surface area contributed by atoms with Crippen LogP contribution in [0.3, 0.4) is 0 Å². The Balaban J connectivity index is 2.84. The van der Waals surface area contributed by atoms with Crippen LogP contribution < -0.4 is 5.43 Å². The number of halogens is 3. The Morgan fingerprint density at radius 3 is 2.56 bits per heavy atom. The molecule has 1 aromatic heterocycles. The Kier molecular flexibility index (Phi) is 2.15. The van der Waals surface area contributed by atoms with E-state index in [1.807, 2.05) is 0 Å². The molecule has 1 heterocycles. The lowest BCUT2D eigenvalue weighted by atomic mass is 10.1. The second-order valence-electron chi connectivity index (χ2n) is 3.26. The van der Waals surface area contributed by atoms with E-state index in [9.17, 15) is 23.1 Å². The maximum absolute atomic E-state index is 12.4. The van der Waals surface area contributed by atoms with Crippen molar-refractivity contribution in [3.8, 4) is 5.75 Å². The van der Waals surface area contributed by atoms with Crippen LogP contribution >= 0.6 is 0 Å². The minimum atomic E-state index is -4.56. The molecule has 0 radical (unpaired) electrons. The van der Waals surface area contributed by atoms with E-state index in [0.717, 1.165) is 12.1 Å². The van der Waals surface area contributed by atoms with Crippen molar-refractivity contribution in [1.82, 2.24) is 4.98 Å². The van der Waals surface area contributed by atoms with Gasteiger partial charge in [-0.3, -0.25) is 4.79 Å². The smallest absolute Gasteiger partial charge is 0.416 e. The molecule has 0 unspecified atom stereocenters. The van der Waals surface area contributed by atoms with Crippen molar-refractivity contribution in [3.05, 3.63) is 40.2 Å². The van der Waals surface area contributed by atoms with E-state index in [1.54, 1.807) is 0 Å². The molecule has 0 fully saturated rings. The second-order valence-corrected chi connectivity index (χ2v) is 3.26. The SMILES string of the molecule is O=c1cc[nH]c2cc(C(F)(F)F)cc(O)c12. The van der Waals surface area contributed by atoms with Gasteiger partial charge < -0.3 is 10.1 Å². The molecular weight excluding hydrogens is 223 g/mol. The van der Waals surface area contributed by atoms with E-state index >= 15 is 0 Å². The number of phenols is 1. The average molecular weight is 229 g/mol. The Morgan fingerprint density at radius 2 is 1.94 bits per heavy atom. The lowest BCUT2D eigenvalue weighted by molar-refractivity contribution is -0.137. The van der Waals surface area contributed by atoms with Crippen molar-refractivity contribution in [2.45, 2.75) is 6.18 Å². The van der Waals surface area contributed by atoms with Crippen molar-refractivity contribution in [2.75, 3.05) is 0 Å². The van der Waals surface area contributed by atoms with E-state index in [2.05, 4.69) is 4.98 Å². The predicted molar refractivity (Wildman–Crippen MR) is 51.2 cm³/mol. The van der Waals surface area contributed by atoms with E-state index < -0.39 is 22.9 Å². The Hall–Kier alpha value is -1.98. The molecule has 0 spiro atoms. The molecule has 0 amide bonds. The van der Waals surface area contributed by atoms with Crippen molar-refractivity contribution in [3.63, 3.8) is 0 Å². The molecule has 6 heteroatoms. The molecule has 0 bridgehead atoms. The summed E-state index contributed by atoms with van der Waals surface area (Å²) in [6.07, 6.45) is -3.33. The summed E-state index contributed by atoms with van der Waals surface area (Å²) in [6.45, 7) is 0. The number of hydrogen-bond donors (Lipinski definition) is 2. The Morgan fingerprint density at radius 1 is 1.25 bits per heavy atom. The maximum atomic E-state index is 12.4. The number of hydrogen-bond acceptors (Lipinski definition) is 2. The van der Waals surface area contributed by atoms with Gasteiger partial charge in [0.15, 0.2) is 5.43 Å².